The quantitative estimate of drug-likeness (QED) is 0.0187. The van der Waals surface area contributed by atoms with Gasteiger partial charge in [0.25, 0.3) is 0 Å². The van der Waals surface area contributed by atoms with Gasteiger partial charge in [-0.3, -0.25) is 38.8 Å². The molecule has 4 atom stereocenters. The van der Waals surface area contributed by atoms with Crippen molar-refractivity contribution in [1.82, 2.24) is 26.6 Å². The van der Waals surface area contributed by atoms with Gasteiger partial charge in [-0.2, -0.15) is 0 Å². The summed E-state index contributed by atoms with van der Waals surface area (Å²) < 4.78 is 0. The van der Waals surface area contributed by atoms with E-state index < -0.39 is 59.6 Å². The van der Waals surface area contributed by atoms with Crippen LogP contribution in [-0.4, -0.2) is 91.2 Å². The summed E-state index contributed by atoms with van der Waals surface area (Å²) in [5, 5.41) is 19.8. The zero-order chi connectivity index (χ0) is 45.5. The molecule has 18 heteroatoms. The topological polar surface area (TPSA) is 317 Å². The third-order valence-corrected chi connectivity index (χ3v) is 10.5. The van der Waals surface area contributed by atoms with Crippen LogP contribution < -0.4 is 55.3 Å². The maximum atomic E-state index is 14.0. The average Bonchev–Trinajstić information content (AvgIpc) is 3.24. The number of nitrogens with two attached hydrogens (primary N) is 5. The van der Waals surface area contributed by atoms with Crippen LogP contribution in [0.4, 0.5) is 0 Å². The standard InChI is InChI=1S/C45H56N12O6/c1-26(58)54-34(13-7-22-53-45(49)50)42(62)57-35(24-27-8-3-2-4-9-27)41(61)51-23-20-37(59)55-36(43(63)56-33(40(46)60)12-6-21-52-44(47)48)25-31-17-16-30-15-14-28-10-5-11-29-18-19-32(31)39(30)38(28)29/h2-5,8-11,14-19,33-36H,6-7,12-13,20-25H2,1H3,(H2,46,60)(H,51,61)(H,54,58)(H,55,59)(H,56,63)(H,57,62)(H4,47,48,52)(H4,49,50,53)/t33-,34-,35-,36-/m0/s1. The van der Waals surface area contributed by atoms with E-state index in [1.807, 2.05) is 54.6 Å². The van der Waals surface area contributed by atoms with Crippen molar-refractivity contribution in [3.05, 3.63) is 96.1 Å². The summed E-state index contributed by atoms with van der Waals surface area (Å²) >= 11 is 0. The molecular formula is C45H56N12O6. The van der Waals surface area contributed by atoms with Gasteiger partial charge in [-0.1, -0.05) is 84.9 Å². The van der Waals surface area contributed by atoms with Crippen LogP contribution in [0.5, 0.6) is 0 Å². The van der Waals surface area contributed by atoms with Crippen LogP contribution in [0.15, 0.2) is 94.9 Å². The minimum atomic E-state index is -1.16. The molecule has 0 aliphatic carbocycles. The first-order chi connectivity index (χ1) is 30.2. The number of hydrogen-bond donors (Lipinski definition) is 10. The van der Waals surface area contributed by atoms with Gasteiger partial charge in [0, 0.05) is 45.8 Å². The van der Waals surface area contributed by atoms with Gasteiger partial charge in [-0.15, -0.1) is 0 Å². The molecule has 0 aliphatic rings. The number of nitrogens with one attached hydrogen (secondary N) is 5. The van der Waals surface area contributed by atoms with Crippen LogP contribution in [0.25, 0.3) is 32.3 Å². The monoisotopic (exact) mass is 860 g/mol. The van der Waals surface area contributed by atoms with Crippen molar-refractivity contribution in [2.24, 2.45) is 38.7 Å². The average molecular weight is 861 g/mol. The zero-order valence-corrected chi connectivity index (χ0v) is 35.2. The molecule has 0 aliphatic heterocycles. The van der Waals surface area contributed by atoms with E-state index in [0.29, 0.717) is 12.8 Å². The molecule has 15 N–H and O–H groups in total. The number of nitrogens with zero attached hydrogens (tertiary/aromatic N) is 2. The van der Waals surface area contributed by atoms with Crippen molar-refractivity contribution in [3.63, 3.8) is 0 Å². The highest BCUT2D eigenvalue weighted by atomic mass is 16.2. The van der Waals surface area contributed by atoms with Gasteiger partial charge in [0.2, 0.25) is 35.4 Å². The lowest BCUT2D eigenvalue weighted by atomic mass is 9.90. The molecule has 5 rings (SSSR count). The first kappa shape index (κ1) is 46.6. The Hall–Kier alpha value is -7.50. The molecule has 0 radical (unpaired) electrons. The number of benzene rings is 5. The van der Waals surface area contributed by atoms with E-state index in [2.05, 4.69) is 42.6 Å². The molecule has 0 saturated heterocycles. The molecule has 0 aromatic heterocycles. The predicted octanol–water partition coefficient (Wildman–Crippen LogP) is 0.427. The molecule has 6 amide bonds. The summed E-state index contributed by atoms with van der Waals surface area (Å²) in [6.07, 6.45) is 0.994. The molecular weight excluding hydrogens is 805 g/mol. The Labute approximate surface area is 364 Å². The number of primary amides is 1. The Bertz CT molecular complexity index is 2450. The minimum Gasteiger partial charge on any atom is -0.370 e. The Kier molecular flexibility index (Phi) is 16.5. The minimum absolute atomic E-state index is 0.0597. The number of guanidine groups is 2. The van der Waals surface area contributed by atoms with Crippen molar-refractivity contribution in [1.29, 1.82) is 0 Å². The highest BCUT2D eigenvalue weighted by Crippen LogP contribution is 2.36. The van der Waals surface area contributed by atoms with Crippen LogP contribution >= 0.6 is 0 Å². The van der Waals surface area contributed by atoms with Gasteiger partial charge in [0.1, 0.15) is 24.2 Å². The van der Waals surface area contributed by atoms with Gasteiger partial charge in [0.05, 0.1) is 0 Å². The second-order valence-corrected chi connectivity index (χ2v) is 15.3. The number of hydrogen-bond acceptors (Lipinski definition) is 8. The Morgan fingerprint density at radius 1 is 0.556 bits per heavy atom. The maximum absolute atomic E-state index is 14.0. The SMILES string of the molecule is CC(=O)N[C@@H](CCCN=C(N)N)C(=O)N[C@@H](Cc1ccccc1)C(=O)NCCC(=O)N[C@@H](Cc1ccc2ccc3cccc4ccc1c2c34)C(=O)N[C@@H](CCCN=C(N)N)C(N)=O. The number of rotatable bonds is 23. The van der Waals surface area contributed by atoms with Crippen molar-refractivity contribution in [2.75, 3.05) is 19.6 Å². The van der Waals surface area contributed by atoms with E-state index >= 15 is 0 Å². The Morgan fingerprint density at radius 2 is 1.11 bits per heavy atom. The fraction of sp³-hybridized carbons (Fsp3) is 0.333. The van der Waals surface area contributed by atoms with Crippen molar-refractivity contribution in [3.8, 4) is 0 Å². The second kappa shape index (κ2) is 22.4. The van der Waals surface area contributed by atoms with Crippen molar-refractivity contribution in [2.45, 2.75) is 76.0 Å². The van der Waals surface area contributed by atoms with E-state index in [0.717, 1.165) is 43.4 Å². The molecule has 0 spiro atoms. The Morgan fingerprint density at radius 3 is 1.73 bits per heavy atom. The number of amides is 6. The summed E-state index contributed by atoms with van der Waals surface area (Å²) in [4.78, 5) is 87.2. The summed E-state index contributed by atoms with van der Waals surface area (Å²) in [7, 11) is 0. The lowest BCUT2D eigenvalue weighted by Crippen LogP contribution is -2.55. The lowest BCUT2D eigenvalue weighted by Gasteiger charge is -2.24. The summed E-state index contributed by atoms with van der Waals surface area (Å²) in [6, 6.07) is 22.8. The summed E-state index contributed by atoms with van der Waals surface area (Å²) in [5.74, 6) is -3.78. The van der Waals surface area contributed by atoms with Gasteiger partial charge >= 0.3 is 0 Å². The van der Waals surface area contributed by atoms with E-state index in [1.165, 1.54) is 6.92 Å². The lowest BCUT2D eigenvalue weighted by molar-refractivity contribution is -0.132. The molecule has 332 valence electrons. The molecule has 18 nitrogen and oxygen atoms in total. The van der Waals surface area contributed by atoms with Crippen molar-refractivity contribution >= 4 is 79.7 Å². The third-order valence-electron chi connectivity index (χ3n) is 10.5. The van der Waals surface area contributed by atoms with Crippen LogP contribution in [0, 0.1) is 0 Å². The fourth-order valence-corrected chi connectivity index (χ4v) is 7.50. The highest BCUT2D eigenvalue weighted by Gasteiger charge is 2.29. The molecule has 5 aromatic carbocycles. The first-order valence-electron chi connectivity index (χ1n) is 20.7. The molecule has 0 bridgehead atoms. The fourth-order valence-electron chi connectivity index (χ4n) is 7.50. The molecule has 0 heterocycles. The maximum Gasteiger partial charge on any atom is 0.243 e. The van der Waals surface area contributed by atoms with E-state index in [1.54, 1.807) is 24.3 Å². The molecule has 5 aromatic rings. The van der Waals surface area contributed by atoms with E-state index in [-0.39, 0.29) is 63.7 Å². The number of carbonyl (C=O) groups excluding carboxylic acids is 6. The predicted molar refractivity (Wildman–Crippen MR) is 244 cm³/mol. The van der Waals surface area contributed by atoms with E-state index in [9.17, 15) is 28.8 Å². The zero-order valence-electron chi connectivity index (χ0n) is 35.2. The summed E-state index contributed by atoms with van der Waals surface area (Å²) in [6.45, 7) is 1.57. The van der Waals surface area contributed by atoms with Crippen LogP contribution in [0.2, 0.25) is 0 Å². The molecule has 0 saturated carbocycles. The largest absolute Gasteiger partial charge is 0.370 e. The van der Waals surface area contributed by atoms with Crippen molar-refractivity contribution < 1.29 is 28.8 Å². The van der Waals surface area contributed by atoms with Gasteiger partial charge in [0.15, 0.2) is 11.9 Å². The first-order valence-corrected chi connectivity index (χ1v) is 20.7. The normalized spacial score (nSPS) is 13.0. The van der Waals surface area contributed by atoms with Gasteiger partial charge < -0.3 is 55.3 Å². The molecule has 0 fully saturated rings. The van der Waals surface area contributed by atoms with Crippen LogP contribution in [0.3, 0.4) is 0 Å². The molecule has 63 heavy (non-hydrogen) atoms. The number of aliphatic imine (C=N–C) groups is 2. The highest BCUT2D eigenvalue weighted by molar-refractivity contribution is 6.23. The summed E-state index contributed by atoms with van der Waals surface area (Å²) in [5.41, 5.74) is 28.9. The smallest absolute Gasteiger partial charge is 0.243 e. The van der Waals surface area contributed by atoms with E-state index in [4.69, 9.17) is 28.7 Å². The third kappa shape index (κ3) is 13.5. The Balaban J connectivity index is 1.32. The molecule has 0 unspecified atom stereocenters. The van der Waals surface area contributed by atoms with Gasteiger partial charge in [-0.25, -0.2) is 0 Å². The second-order valence-electron chi connectivity index (χ2n) is 15.3. The van der Waals surface area contributed by atoms with Crippen LogP contribution in [-0.2, 0) is 41.6 Å². The number of carbonyl (C=O) groups is 6. The van der Waals surface area contributed by atoms with Gasteiger partial charge in [-0.05, 0) is 69.1 Å². The van der Waals surface area contributed by atoms with Crippen LogP contribution in [0.1, 0.15) is 50.2 Å².